The molecule has 0 amide bonds. The Kier molecular flexibility index (Phi) is 5.57. The normalized spacial score (nSPS) is 13.9. The largest absolute Gasteiger partial charge is 0.508 e. The highest BCUT2D eigenvalue weighted by Gasteiger charge is 2.20. The number of phenolic OH excluding ortho intramolecular Hbond substituents is 1. The average Bonchev–Trinajstić information content (AvgIpc) is 2.35. The first-order valence-corrected chi connectivity index (χ1v) is 6.84. The van der Waals surface area contributed by atoms with Crippen LogP contribution in [0.4, 0.5) is 0 Å². The number of ether oxygens (including phenoxy) is 1. The Labute approximate surface area is 120 Å². The lowest BCUT2D eigenvalue weighted by molar-refractivity contribution is -0.124. The van der Waals surface area contributed by atoms with Crippen LogP contribution >= 0.6 is 0 Å². The Morgan fingerprint density at radius 1 is 1.35 bits per heavy atom. The molecule has 0 aliphatic rings. The third-order valence-electron chi connectivity index (χ3n) is 3.59. The number of aromatic hydroxyl groups is 1. The van der Waals surface area contributed by atoms with Gasteiger partial charge in [0.1, 0.15) is 17.3 Å². The van der Waals surface area contributed by atoms with E-state index in [0.29, 0.717) is 17.7 Å². The van der Waals surface area contributed by atoms with Crippen molar-refractivity contribution in [2.75, 3.05) is 7.11 Å². The maximum Gasteiger partial charge on any atom is 0.138 e. The first kappa shape index (κ1) is 16.5. The number of hydrogen-bond acceptors (Lipinski definition) is 4. The van der Waals surface area contributed by atoms with Gasteiger partial charge in [-0.3, -0.25) is 4.79 Å². The minimum atomic E-state index is -0.616. The minimum Gasteiger partial charge on any atom is -0.508 e. The van der Waals surface area contributed by atoms with E-state index >= 15 is 0 Å². The van der Waals surface area contributed by atoms with Gasteiger partial charge in [0.05, 0.1) is 13.2 Å². The molecule has 0 radical (unpaired) electrons. The summed E-state index contributed by atoms with van der Waals surface area (Å²) < 4.78 is 5.38. The number of aliphatic hydroxyl groups excluding tert-OH is 1. The van der Waals surface area contributed by atoms with Gasteiger partial charge in [0, 0.05) is 17.9 Å². The van der Waals surface area contributed by atoms with Crippen LogP contribution in [-0.2, 0) is 11.2 Å². The molecule has 1 aromatic rings. The second-order valence-electron chi connectivity index (χ2n) is 5.47. The van der Waals surface area contributed by atoms with Crippen LogP contribution in [0, 0.1) is 19.8 Å². The van der Waals surface area contributed by atoms with E-state index in [9.17, 15) is 15.0 Å². The summed E-state index contributed by atoms with van der Waals surface area (Å²) in [6.07, 6.45) is 0.0934. The fraction of sp³-hybridized carbons (Fsp3) is 0.562. The molecule has 0 aliphatic heterocycles. The van der Waals surface area contributed by atoms with Gasteiger partial charge in [-0.05, 0) is 44.4 Å². The lowest BCUT2D eigenvalue weighted by Gasteiger charge is -2.18. The van der Waals surface area contributed by atoms with Gasteiger partial charge < -0.3 is 14.9 Å². The van der Waals surface area contributed by atoms with Gasteiger partial charge in [-0.25, -0.2) is 0 Å². The van der Waals surface area contributed by atoms with Gasteiger partial charge in [0.2, 0.25) is 0 Å². The molecule has 0 unspecified atom stereocenters. The van der Waals surface area contributed by atoms with Crippen LogP contribution in [0.3, 0.4) is 0 Å². The Balaban J connectivity index is 3.03. The number of rotatable bonds is 6. The van der Waals surface area contributed by atoms with Crippen molar-refractivity contribution >= 4 is 5.78 Å². The number of hydrogen-bond donors (Lipinski definition) is 2. The summed E-state index contributed by atoms with van der Waals surface area (Å²) in [5, 5.41) is 19.1. The van der Waals surface area contributed by atoms with Crippen LogP contribution in [-0.4, -0.2) is 29.2 Å². The van der Waals surface area contributed by atoms with Crippen molar-refractivity contribution in [3.63, 3.8) is 0 Å². The maximum atomic E-state index is 12.0. The third-order valence-corrected chi connectivity index (χ3v) is 3.59. The molecule has 2 N–H and O–H groups in total. The smallest absolute Gasteiger partial charge is 0.138 e. The van der Waals surface area contributed by atoms with Gasteiger partial charge in [-0.1, -0.05) is 6.92 Å². The molecule has 1 rings (SSSR count). The second kappa shape index (κ2) is 6.75. The molecule has 0 saturated carbocycles. The summed E-state index contributed by atoms with van der Waals surface area (Å²) in [4.78, 5) is 12.0. The number of carbonyl (C=O) groups is 1. The van der Waals surface area contributed by atoms with E-state index in [1.165, 1.54) is 0 Å². The zero-order chi connectivity index (χ0) is 15.4. The highest BCUT2D eigenvalue weighted by molar-refractivity contribution is 5.81. The third kappa shape index (κ3) is 3.73. The number of carbonyl (C=O) groups excluding carboxylic acids is 1. The number of methoxy groups -OCH3 is 1. The zero-order valence-electron chi connectivity index (χ0n) is 12.9. The van der Waals surface area contributed by atoms with Crippen LogP contribution in [0.2, 0.25) is 0 Å². The first-order valence-electron chi connectivity index (χ1n) is 6.84. The molecule has 20 heavy (non-hydrogen) atoms. The molecule has 0 heterocycles. The number of Topliss-reactive ketones (excluding diaryl/α,β-unsaturated/α-hetero) is 1. The van der Waals surface area contributed by atoms with E-state index in [-0.39, 0.29) is 23.9 Å². The van der Waals surface area contributed by atoms with Crippen LogP contribution in [0.1, 0.15) is 37.0 Å². The van der Waals surface area contributed by atoms with Gasteiger partial charge in [0.15, 0.2) is 0 Å². The van der Waals surface area contributed by atoms with Crippen molar-refractivity contribution in [1.29, 1.82) is 0 Å². The molecule has 4 heteroatoms. The van der Waals surface area contributed by atoms with Gasteiger partial charge in [0.25, 0.3) is 0 Å². The molecule has 112 valence electrons. The molecular weight excluding hydrogens is 256 g/mol. The Bertz CT molecular complexity index is 492. The Hall–Kier alpha value is -1.55. The van der Waals surface area contributed by atoms with E-state index < -0.39 is 6.10 Å². The monoisotopic (exact) mass is 280 g/mol. The molecule has 0 saturated heterocycles. The number of phenols is 1. The number of benzene rings is 1. The number of aliphatic hydroxyl groups is 1. The molecule has 0 aromatic heterocycles. The van der Waals surface area contributed by atoms with Gasteiger partial charge >= 0.3 is 0 Å². The summed E-state index contributed by atoms with van der Waals surface area (Å²) >= 11 is 0. The standard InChI is InChI=1S/C16H24O4/c1-9-7-15(19)12(4)16(20-5)13(9)6-10(2)14(18)8-11(3)17/h7,10-11,17,19H,6,8H2,1-5H3/t10-,11+/m1/s1. The predicted molar refractivity (Wildman–Crippen MR) is 78.3 cm³/mol. The highest BCUT2D eigenvalue weighted by Crippen LogP contribution is 2.35. The van der Waals surface area contributed by atoms with Crippen molar-refractivity contribution < 1.29 is 19.7 Å². The molecule has 0 aliphatic carbocycles. The summed E-state index contributed by atoms with van der Waals surface area (Å²) in [6, 6.07) is 1.69. The SMILES string of the molecule is COc1c(C)c(O)cc(C)c1C[C@@H](C)C(=O)C[C@H](C)O. The minimum absolute atomic E-state index is 0.0344. The van der Waals surface area contributed by atoms with Crippen molar-refractivity contribution in [1.82, 2.24) is 0 Å². The summed E-state index contributed by atoms with van der Waals surface area (Å²) in [5.74, 6) is 0.679. The van der Waals surface area contributed by atoms with Crippen molar-refractivity contribution in [3.8, 4) is 11.5 Å². The van der Waals surface area contributed by atoms with Crippen molar-refractivity contribution in [2.45, 2.75) is 46.6 Å². The van der Waals surface area contributed by atoms with Crippen LogP contribution in [0.25, 0.3) is 0 Å². The molecule has 1 aromatic carbocycles. The first-order chi connectivity index (χ1) is 9.27. The van der Waals surface area contributed by atoms with Crippen LogP contribution in [0.5, 0.6) is 11.5 Å². The van der Waals surface area contributed by atoms with E-state index in [4.69, 9.17) is 4.74 Å². The molecule has 4 nitrogen and oxygen atoms in total. The molecule has 0 bridgehead atoms. The van der Waals surface area contributed by atoms with E-state index in [2.05, 4.69) is 0 Å². The zero-order valence-corrected chi connectivity index (χ0v) is 12.9. The van der Waals surface area contributed by atoms with E-state index in [0.717, 1.165) is 11.1 Å². The van der Waals surface area contributed by atoms with E-state index in [1.807, 2.05) is 13.8 Å². The molecule has 0 spiro atoms. The topological polar surface area (TPSA) is 66.8 Å². The Morgan fingerprint density at radius 3 is 2.45 bits per heavy atom. The molecular formula is C16H24O4. The van der Waals surface area contributed by atoms with Crippen LogP contribution < -0.4 is 4.74 Å². The lowest BCUT2D eigenvalue weighted by Crippen LogP contribution is -2.19. The van der Waals surface area contributed by atoms with E-state index in [1.54, 1.807) is 27.0 Å². The fourth-order valence-corrected chi connectivity index (χ4v) is 2.36. The van der Waals surface area contributed by atoms with Gasteiger partial charge in [-0.15, -0.1) is 0 Å². The summed E-state index contributed by atoms with van der Waals surface area (Å²) in [5.41, 5.74) is 2.53. The number of aryl methyl sites for hydroxylation is 1. The number of ketones is 1. The van der Waals surface area contributed by atoms with Crippen molar-refractivity contribution in [2.24, 2.45) is 5.92 Å². The summed E-state index contributed by atoms with van der Waals surface area (Å²) in [6.45, 7) is 7.15. The molecule has 2 atom stereocenters. The second-order valence-corrected chi connectivity index (χ2v) is 5.47. The maximum absolute atomic E-state index is 12.0. The van der Waals surface area contributed by atoms with Crippen molar-refractivity contribution in [3.05, 3.63) is 22.8 Å². The average molecular weight is 280 g/mol. The summed E-state index contributed by atoms with van der Waals surface area (Å²) in [7, 11) is 1.56. The lowest BCUT2D eigenvalue weighted by atomic mass is 9.90. The molecule has 0 fully saturated rings. The van der Waals surface area contributed by atoms with Gasteiger partial charge in [-0.2, -0.15) is 0 Å². The Morgan fingerprint density at radius 2 is 1.95 bits per heavy atom. The predicted octanol–water partition coefficient (Wildman–Crippen LogP) is 2.54. The quantitative estimate of drug-likeness (QED) is 0.840. The fourth-order valence-electron chi connectivity index (χ4n) is 2.36. The van der Waals surface area contributed by atoms with Crippen LogP contribution in [0.15, 0.2) is 6.07 Å². The highest BCUT2D eigenvalue weighted by atomic mass is 16.5.